The number of aldehydes is 1. The van der Waals surface area contributed by atoms with Crippen molar-refractivity contribution in [2.45, 2.75) is 25.3 Å². The van der Waals surface area contributed by atoms with E-state index in [0.717, 1.165) is 23.3 Å². The SMILES string of the molecule is O=C[C@@H]1CCN(c2ccc3c(c2)C(=O)N(C2CCC(=O)NC2=O)C3=O)C1. The molecule has 1 aromatic carbocycles. The fourth-order valence-electron chi connectivity index (χ4n) is 3.79. The van der Waals surface area contributed by atoms with E-state index in [-0.39, 0.29) is 29.9 Å². The first-order valence-corrected chi connectivity index (χ1v) is 8.55. The third-order valence-electron chi connectivity index (χ3n) is 5.21. The molecule has 134 valence electrons. The van der Waals surface area contributed by atoms with Gasteiger partial charge in [-0.1, -0.05) is 0 Å². The number of anilines is 1. The molecule has 3 aliphatic rings. The summed E-state index contributed by atoms with van der Waals surface area (Å²) in [5.74, 6) is -2.08. The summed E-state index contributed by atoms with van der Waals surface area (Å²) < 4.78 is 0. The number of nitrogens with zero attached hydrogens (tertiary/aromatic N) is 2. The number of benzene rings is 1. The molecular formula is C18H17N3O5. The summed E-state index contributed by atoms with van der Waals surface area (Å²) in [5.41, 5.74) is 1.29. The Balaban J connectivity index is 1.61. The van der Waals surface area contributed by atoms with Crippen molar-refractivity contribution >= 4 is 35.6 Å². The molecule has 3 heterocycles. The minimum absolute atomic E-state index is 0.0273. The Morgan fingerprint density at radius 3 is 2.50 bits per heavy atom. The fraction of sp³-hybridized carbons (Fsp3) is 0.389. The molecule has 2 fully saturated rings. The average molecular weight is 355 g/mol. The van der Waals surface area contributed by atoms with Gasteiger partial charge in [0.05, 0.1) is 11.1 Å². The van der Waals surface area contributed by atoms with Crippen LogP contribution in [-0.4, -0.2) is 53.9 Å². The van der Waals surface area contributed by atoms with Crippen molar-refractivity contribution in [3.8, 4) is 0 Å². The number of fused-ring (bicyclic) bond motifs is 1. The van der Waals surface area contributed by atoms with Gasteiger partial charge in [0.2, 0.25) is 11.8 Å². The van der Waals surface area contributed by atoms with Crippen LogP contribution in [0.3, 0.4) is 0 Å². The predicted molar refractivity (Wildman–Crippen MR) is 89.5 cm³/mol. The summed E-state index contributed by atoms with van der Waals surface area (Å²) in [5, 5.41) is 2.18. The summed E-state index contributed by atoms with van der Waals surface area (Å²) >= 11 is 0. The van der Waals surface area contributed by atoms with Crippen LogP contribution >= 0.6 is 0 Å². The van der Waals surface area contributed by atoms with Gasteiger partial charge in [0.15, 0.2) is 0 Å². The van der Waals surface area contributed by atoms with E-state index in [0.29, 0.717) is 13.1 Å². The maximum Gasteiger partial charge on any atom is 0.262 e. The van der Waals surface area contributed by atoms with Gasteiger partial charge in [-0.3, -0.25) is 29.4 Å². The summed E-state index contributed by atoms with van der Waals surface area (Å²) in [6.45, 7) is 1.29. The first kappa shape index (κ1) is 16.4. The zero-order valence-corrected chi connectivity index (χ0v) is 13.9. The Hall–Kier alpha value is -3.03. The van der Waals surface area contributed by atoms with Crippen LogP contribution in [0.15, 0.2) is 18.2 Å². The second-order valence-corrected chi connectivity index (χ2v) is 6.81. The third-order valence-corrected chi connectivity index (χ3v) is 5.21. The predicted octanol–water partition coefficient (Wildman–Crippen LogP) is 0.113. The Morgan fingerprint density at radius 2 is 1.81 bits per heavy atom. The highest BCUT2D eigenvalue weighted by Gasteiger charge is 2.44. The summed E-state index contributed by atoms with van der Waals surface area (Å²) in [6.07, 6.45) is 1.93. The quantitative estimate of drug-likeness (QED) is 0.610. The van der Waals surface area contributed by atoms with Crippen molar-refractivity contribution < 1.29 is 24.0 Å². The van der Waals surface area contributed by atoms with Crippen LogP contribution in [0.1, 0.15) is 40.0 Å². The highest BCUT2D eigenvalue weighted by atomic mass is 16.2. The molecule has 0 radical (unpaired) electrons. The number of amides is 4. The Kier molecular flexibility index (Phi) is 3.82. The van der Waals surface area contributed by atoms with E-state index < -0.39 is 29.7 Å². The van der Waals surface area contributed by atoms with Crippen LogP contribution in [0.2, 0.25) is 0 Å². The number of hydrogen-bond acceptors (Lipinski definition) is 6. The Labute approximate surface area is 149 Å². The van der Waals surface area contributed by atoms with Gasteiger partial charge in [-0.15, -0.1) is 0 Å². The molecule has 8 nitrogen and oxygen atoms in total. The van der Waals surface area contributed by atoms with Gasteiger partial charge >= 0.3 is 0 Å². The maximum atomic E-state index is 12.8. The van der Waals surface area contributed by atoms with Crippen LogP contribution in [0, 0.1) is 5.92 Å². The van der Waals surface area contributed by atoms with E-state index in [4.69, 9.17) is 0 Å². The number of carbonyl (C=O) groups is 5. The van der Waals surface area contributed by atoms with Crippen LogP contribution in [-0.2, 0) is 14.4 Å². The minimum atomic E-state index is -0.963. The fourth-order valence-corrected chi connectivity index (χ4v) is 3.79. The molecule has 2 atom stereocenters. The Morgan fingerprint density at radius 1 is 1.04 bits per heavy atom. The van der Waals surface area contributed by atoms with Crippen LogP contribution < -0.4 is 10.2 Å². The van der Waals surface area contributed by atoms with Crippen molar-refractivity contribution in [2.24, 2.45) is 5.92 Å². The number of piperidine rings is 1. The lowest BCUT2D eigenvalue weighted by Gasteiger charge is -2.27. The lowest BCUT2D eigenvalue weighted by Crippen LogP contribution is -2.54. The number of rotatable bonds is 3. The summed E-state index contributed by atoms with van der Waals surface area (Å²) in [4.78, 5) is 62.7. The molecule has 4 amide bonds. The lowest BCUT2D eigenvalue weighted by atomic mass is 10.0. The third kappa shape index (κ3) is 2.49. The number of nitrogens with one attached hydrogen (secondary N) is 1. The molecule has 26 heavy (non-hydrogen) atoms. The van der Waals surface area contributed by atoms with Gasteiger partial charge in [-0.05, 0) is 31.0 Å². The zero-order valence-electron chi connectivity index (χ0n) is 13.9. The minimum Gasteiger partial charge on any atom is -0.371 e. The normalized spacial score (nSPS) is 25.5. The standard InChI is InChI=1S/C18H17N3O5/c22-9-10-5-6-20(8-10)11-1-2-12-13(7-11)18(26)21(17(12)25)14-3-4-15(23)19-16(14)24/h1-2,7,9-10,14H,3-6,8H2,(H,19,23,24)/t10-,14?/m1/s1. The topological polar surface area (TPSA) is 104 Å². The van der Waals surface area contributed by atoms with Crippen molar-refractivity contribution in [3.05, 3.63) is 29.3 Å². The van der Waals surface area contributed by atoms with E-state index in [1.807, 2.05) is 4.90 Å². The maximum absolute atomic E-state index is 12.8. The van der Waals surface area contributed by atoms with Gasteiger partial charge in [0.1, 0.15) is 12.3 Å². The van der Waals surface area contributed by atoms with E-state index in [1.165, 1.54) is 0 Å². The van der Waals surface area contributed by atoms with Gasteiger partial charge in [-0.2, -0.15) is 0 Å². The van der Waals surface area contributed by atoms with Gasteiger partial charge < -0.3 is 9.69 Å². The molecule has 0 saturated carbocycles. The second kappa shape index (κ2) is 6.05. The van der Waals surface area contributed by atoms with Gasteiger partial charge in [0.25, 0.3) is 11.8 Å². The number of hydrogen-bond donors (Lipinski definition) is 1. The highest BCUT2D eigenvalue weighted by molar-refractivity contribution is 6.23. The van der Waals surface area contributed by atoms with E-state index in [2.05, 4.69) is 5.32 Å². The van der Waals surface area contributed by atoms with E-state index >= 15 is 0 Å². The molecule has 0 bridgehead atoms. The van der Waals surface area contributed by atoms with Crippen molar-refractivity contribution in [1.29, 1.82) is 0 Å². The zero-order chi connectivity index (χ0) is 18.4. The van der Waals surface area contributed by atoms with Crippen LogP contribution in [0.4, 0.5) is 5.69 Å². The monoisotopic (exact) mass is 355 g/mol. The lowest BCUT2D eigenvalue weighted by molar-refractivity contribution is -0.136. The van der Waals surface area contributed by atoms with Gasteiger partial charge in [-0.25, -0.2) is 0 Å². The van der Waals surface area contributed by atoms with E-state index in [1.54, 1.807) is 18.2 Å². The first-order valence-electron chi connectivity index (χ1n) is 8.55. The molecule has 8 heteroatoms. The number of imide groups is 2. The average Bonchev–Trinajstić information content (AvgIpc) is 3.20. The van der Waals surface area contributed by atoms with Crippen LogP contribution in [0.25, 0.3) is 0 Å². The summed E-state index contributed by atoms with van der Waals surface area (Å²) in [6, 6.07) is 4.03. The highest BCUT2D eigenvalue weighted by Crippen LogP contribution is 2.32. The van der Waals surface area contributed by atoms with Crippen molar-refractivity contribution in [2.75, 3.05) is 18.0 Å². The molecule has 0 aromatic heterocycles. The number of carbonyl (C=O) groups excluding carboxylic acids is 5. The van der Waals surface area contributed by atoms with Crippen molar-refractivity contribution in [3.63, 3.8) is 0 Å². The molecule has 1 aromatic rings. The Bertz CT molecular complexity index is 849. The molecule has 3 aliphatic heterocycles. The molecule has 1 unspecified atom stereocenters. The largest absolute Gasteiger partial charge is 0.371 e. The molecular weight excluding hydrogens is 338 g/mol. The van der Waals surface area contributed by atoms with Crippen LogP contribution in [0.5, 0.6) is 0 Å². The first-order chi connectivity index (χ1) is 12.5. The smallest absolute Gasteiger partial charge is 0.262 e. The summed E-state index contributed by atoms with van der Waals surface area (Å²) in [7, 11) is 0. The molecule has 1 N–H and O–H groups in total. The second-order valence-electron chi connectivity index (χ2n) is 6.81. The molecule has 4 rings (SSSR count). The molecule has 2 saturated heterocycles. The van der Waals surface area contributed by atoms with E-state index in [9.17, 15) is 24.0 Å². The molecule has 0 spiro atoms. The molecule has 0 aliphatic carbocycles. The van der Waals surface area contributed by atoms with Gasteiger partial charge in [0, 0.05) is 31.1 Å². The van der Waals surface area contributed by atoms with Crippen molar-refractivity contribution in [1.82, 2.24) is 10.2 Å².